The van der Waals surface area contributed by atoms with Crippen molar-refractivity contribution in [3.63, 3.8) is 0 Å². The zero-order valence-electron chi connectivity index (χ0n) is 26.4. The number of halogens is 1. The summed E-state index contributed by atoms with van der Waals surface area (Å²) in [6.45, 7) is 5.51. The molecule has 1 saturated carbocycles. The number of allylic oxidation sites excluding steroid dienone is 2. The number of benzene rings is 1. The minimum Gasteiger partial charge on any atom is -0.460 e. The van der Waals surface area contributed by atoms with E-state index in [0.717, 1.165) is 19.3 Å². The molecular formula is C34H44FN3O7. The Labute approximate surface area is 263 Å². The summed E-state index contributed by atoms with van der Waals surface area (Å²) < 4.78 is 25.7. The van der Waals surface area contributed by atoms with Gasteiger partial charge in [0.15, 0.2) is 5.78 Å². The van der Waals surface area contributed by atoms with Crippen LogP contribution < -0.4 is 5.73 Å². The normalized spacial score (nSPS) is 29.5. The molecule has 0 spiro atoms. The van der Waals surface area contributed by atoms with Crippen molar-refractivity contribution in [2.24, 2.45) is 23.0 Å². The maximum absolute atomic E-state index is 14.3. The topological polar surface area (TPSA) is 136 Å². The Balaban J connectivity index is 1.37. The molecule has 10 nitrogen and oxygen atoms in total. The Morgan fingerprint density at radius 3 is 2.60 bits per heavy atom. The second kappa shape index (κ2) is 12.9. The minimum absolute atomic E-state index is 0.0339. The fraction of sp³-hybridized carbons (Fsp3) is 0.618. The molecule has 0 radical (unpaired) electrons. The maximum atomic E-state index is 14.3. The number of amides is 3. The van der Waals surface area contributed by atoms with Crippen LogP contribution in [-0.2, 0) is 41.7 Å². The first-order chi connectivity index (χ1) is 21.3. The van der Waals surface area contributed by atoms with Crippen molar-refractivity contribution < 1.29 is 37.8 Å². The van der Waals surface area contributed by atoms with E-state index in [0.29, 0.717) is 30.4 Å². The molecule has 5 rings (SSSR count). The van der Waals surface area contributed by atoms with E-state index in [9.17, 15) is 28.4 Å². The van der Waals surface area contributed by atoms with Crippen molar-refractivity contribution in [3.8, 4) is 0 Å². The number of carbonyl (C=O) groups excluding carboxylic acids is 5. The van der Waals surface area contributed by atoms with Crippen LogP contribution >= 0.6 is 0 Å². The largest absolute Gasteiger partial charge is 0.460 e. The highest BCUT2D eigenvalue weighted by atomic mass is 19.1. The van der Waals surface area contributed by atoms with Crippen LogP contribution in [0, 0.1) is 23.1 Å². The molecule has 1 saturated heterocycles. The number of ketones is 1. The van der Waals surface area contributed by atoms with E-state index in [1.54, 1.807) is 32.9 Å². The standard InChI is InChI=1S/C34H44FN3O7/c1-33(2,3)45-29(40)14-21-10-7-5-4-6-8-12-23-16-34(23,31(36)42)17-28(39)27-15-24(19-38(27)30(21)41)44-32(43)37-18-22-11-9-13-26(35)25(22)20-37/h8-9,11-13,21,23-24,27H,4-7,10,14-20H2,1-3H3,(H2,36,42)/b12-8-/t21-,23-,24-,27+,34-/m1/s1. The molecule has 1 aliphatic carbocycles. The van der Waals surface area contributed by atoms with Crippen LogP contribution in [0.15, 0.2) is 30.4 Å². The third-order valence-electron chi connectivity index (χ3n) is 9.46. The van der Waals surface area contributed by atoms with Gasteiger partial charge in [-0.2, -0.15) is 0 Å². The third kappa shape index (κ3) is 7.39. The Hall–Kier alpha value is -3.76. The molecule has 2 N–H and O–H groups in total. The van der Waals surface area contributed by atoms with Crippen LogP contribution in [0.1, 0.15) is 89.7 Å². The molecule has 3 amide bonds. The van der Waals surface area contributed by atoms with Crippen molar-refractivity contribution in [1.82, 2.24) is 9.80 Å². The van der Waals surface area contributed by atoms with Crippen LogP contribution in [0.2, 0.25) is 0 Å². The fourth-order valence-corrected chi connectivity index (χ4v) is 6.97. The number of hydrogen-bond donors (Lipinski definition) is 1. The molecule has 0 unspecified atom stereocenters. The van der Waals surface area contributed by atoms with Crippen LogP contribution in [0.5, 0.6) is 0 Å². The summed E-state index contributed by atoms with van der Waals surface area (Å²) >= 11 is 0. The van der Waals surface area contributed by atoms with Crippen LogP contribution in [0.25, 0.3) is 0 Å². The first-order valence-electron chi connectivity index (χ1n) is 16.0. The van der Waals surface area contributed by atoms with E-state index in [1.165, 1.54) is 15.9 Å². The average Bonchev–Trinajstić information content (AvgIpc) is 3.27. The van der Waals surface area contributed by atoms with Gasteiger partial charge in [-0.25, -0.2) is 9.18 Å². The summed E-state index contributed by atoms with van der Waals surface area (Å²) in [5, 5.41) is 0. The molecular weight excluding hydrogens is 581 g/mol. The smallest absolute Gasteiger partial charge is 0.410 e. The quantitative estimate of drug-likeness (QED) is 0.383. The molecule has 4 aliphatic rings. The van der Waals surface area contributed by atoms with Crippen LogP contribution in [-0.4, -0.2) is 63.8 Å². The summed E-state index contributed by atoms with van der Waals surface area (Å²) in [6, 6.07) is 3.75. The monoisotopic (exact) mass is 625 g/mol. The van der Waals surface area contributed by atoms with Crippen molar-refractivity contribution in [2.45, 2.75) is 109 Å². The van der Waals surface area contributed by atoms with Gasteiger partial charge in [-0.1, -0.05) is 37.1 Å². The molecule has 3 heterocycles. The average molecular weight is 626 g/mol. The van der Waals surface area contributed by atoms with E-state index in [2.05, 4.69) is 0 Å². The highest BCUT2D eigenvalue weighted by molar-refractivity contribution is 5.96. The Kier molecular flexibility index (Phi) is 9.37. The van der Waals surface area contributed by atoms with Gasteiger partial charge < -0.3 is 20.1 Å². The minimum atomic E-state index is -1.00. The number of esters is 1. The van der Waals surface area contributed by atoms with E-state index in [-0.39, 0.29) is 56.5 Å². The van der Waals surface area contributed by atoms with Crippen molar-refractivity contribution in [1.29, 1.82) is 0 Å². The second-order valence-electron chi connectivity index (χ2n) is 14.0. The Bertz CT molecular complexity index is 1390. The van der Waals surface area contributed by atoms with Gasteiger partial charge in [-0.05, 0) is 64.0 Å². The lowest BCUT2D eigenvalue weighted by Gasteiger charge is -2.29. The van der Waals surface area contributed by atoms with Crippen LogP contribution in [0.4, 0.5) is 9.18 Å². The molecule has 244 valence electrons. The molecule has 3 aliphatic heterocycles. The highest BCUT2D eigenvalue weighted by Crippen LogP contribution is 2.56. The van der Waals surface area contributed by atoms with Crippen molar-refractivity contribution in [3.05, 3.63) is 47.3 Å². The molecule has 0 bridgehead atoms. The number of carbonyl (C=O) groups is 5. The molecule has 1 aromatic rings. The Morgan fingerprint density at radius 2 is 1.89 bits per heavy atom. The van der Waals surface area contributed by atoms with Crippen molar-refractivity contribution in [2.75, 3.05) is 6.54 Å². The SMILES string of the molecule is CC(C)(C)OC(=O)C[C@H]1CCCCC/C=C\[C@@H]2C[C@@]2(C(N)=O)CC(=O)[C@@H]2C[C@@H](OC(=O)N3Cc4cccc(F)c4C3)CN2C1=O. The van der Waals surface area contributed by atoms with Gasteiger partial charge in [0.25, 0.3) is 0 Å². The number of fused-ring (bicyclic) bond motifs is 3. The summed E-state index contributed by atoms with van der Waals surface area (Å²) in [5.41, 5.74) is 5.22. The third-order valence-corrected chi connectivity index (χ3v) is 9.46. The number of nitrogens with two attached hydrogens (primary N) is 1. The number of nitrogens with zero attached hydrogens (tertiary/aromatic N) is 2. The van der Waals surface area contributed by atoms with Crippen molar-refractivity contribution >= 4 is 29.7 Å². The lowest BCUT2D eigenvalue weighted by atomic mass is 9.90. The predicted octanol–water partition coefficient (Wildman–Crippen LogP) is 4.57. The van der Waals surface area contributed by atoms with Gasteiger partial charge >= 0.3 is 12.1 Å². The zero-order valence-corrected chi connectivity index (χ0v) is 26.4. The summed E-state index contributed by atoms with van der Waals surface area (Å²) in [4.78, 5) is 69.5. The second-order valence-corrected chi connectivity index (χ2v) is 14.0. The van der Waals surface area contributed by atoms with E-state index >= 15 is 0 Å². The van der Waals surface area contributed by atoms with Gasteiger partial charge in [0.2, 0.25) is 11.8 Å². The van der Waals surface area contributed by atoms with Gasteiger partial charge in [0.1, 0.15) is 17.5 Å². The van der Waals surface area contributed by atoms with E-state index < -0.39 is 52.9 Å². The van der Waals surface area contributed by atoms with Gasteiger partial charge in [-0.15, -0.1) is 0 Å². The highest BCUT2D eigenvalue weighted by Gasteiger charge is 2.59. The van der Waals surface area contributed by atoms with Crippen LogP contribution in [0.3, 0.4) is 0 Å². The molecule has 11 heteroatoms. The van der Waals surface area contributed by atoms with Gasteiger partial charge in [0, 0.05) is 30.9 Å². The number of ether oxygens (including phenoxy) is 2. The first kappa shape index (κ1) is 32.6. The number of hydrogen-bond acceptors (Lipinski definition) is 7. The fourth-order valence-electron chi connectivity index (χ4n) is 6.97. The van der Waals surface area contributed by atoms with E-state index in [4.69, 9.17) is 15.2 Å². The summed E-state index contributed by atoms with van der Waals surface area (Å²) in [7, 11) is 0. The predicted molar refractivity (Wildman–Crippen MR) is 162 cm³/mol. The van der Waals surface area contributed by atoms with Gasteiger partial charge in [0.05, 0.1) is 31.0 Å². The lowest BCUT2D eigenvalue weighted by Crippen LogP contribution is -2.45. The number of Topliss-reactive ketones (excluding diaryl/α,β-unsaturated/α-hetero) is 1. The number of primary amides is 1. The van der Waals surface area contributed by atoms with E-state index in [1.807, 2.05) is 12.2 Å². The maximum Gasteiger partial charge on any atom is 0.410 e. The summed E-state index contributed by atoms with van der Waals surface area (Å²) in [6.07, 6.45) is 6.49. The molecule has 5 atom stereocenters. The number of rotatable bonds is 4. The lowest BCUT2D eigenvalue weighted by molar-refractivity contribution is -0.159. The Morgan fingerprint density at radius 1 is 1.11 bits per heavy atom. The molecule has 0 aromatic heterocycles. The zero-order chi connectivity index (χ0) is 32.5. The molecule has 2 fully saturated rings. The van der Waals surface area contributed by atoms with Gasteiger partial charge in [-0.3, -0.25) is 24.1 Å². The first-order valence-corrected chi connectivity index (χ1v) is 16.0. The molecule has 1 aromatic carbocycles. The summed E-state index contributed by atoms with van der Waals surface area (Å²) in [5.74, 6) is -2.99. The molecule has 45 heavy (non-hydrogen) atoms.